The smallest absolute Gasteiger partial charge is 0.245 e. The second-order valence-electron chi connectivity index (χ2n) is 6.66. The zero-order chi connectivity index (χ0) is 14.5. The van der Waals surface area contributed by atoms with Gasteiger partial charge in [-0.15, -0.1) is 0 Å². The minimum Gasteiger partial charge on any atom is -0.344 e. The van der Waals surface area contributed by atoms with Crippen LogP contribution in [0.4, 0.5) is 0 Å². The van der Waals surface area contributed by atoms with Crippen LogP contribution >= 0.6 is 0 Å². The Kier molecular flexibility index (Phi) is 5.44. The summed E-state index contributed by atoms with van der Waals surface area (Å²) in [5.41, 5.74) is 0. The van der Waals surface area contributed by atoms with Gasteiger partial charge in [-0.05, 0) is 18.3 Å². The van der Waals surface area contributed by atoms with Gasteiger partial charge >= 0.3 is 0 Å². The molecule has 1 aliphatic heterocycles. The van der Waals surface area contributed by atoms with Crippen LogP contribution in [0.25, 0.3) is 0 Å². The topological polar surface area (TPSA) is 49.4 Å². The zero-order valence-electron chi connectivity index (χ0n) is 12.9. The maximum atomic E-state index is 12.5. The van der Waals surface area contributed by atoms with Crippen LogP contribution in [0.15, 0.2) is 0 Å². The Hall–Kier alpha value is -1.06. The Bertz CT molecular complexity index is 348. The molecule has 1 atom stereocenters. The molecule has 114 valence electrons. The molecule has 1 saturated carbocycles. The predicted molar refractivity (Wildman–Crippen MR) is 79.2 cm³/mol. The molecule has 2 rings (SSSR count). The normalized spacial score (nSPS) is 25.8. The number of carbonyl (C=O) groups excluding carboxylic acids is 2. The van der Waals surface area contributed by atoms with E-state index in [1.54, 1.807) is 0 Å². The van der Waals surface area contributed by atoms with Crippen LogP contribution in [-0.4, -0.2) is 35.8 Å². The summed E-state index contributed by atoms with van der Waals surface area (Å²) in [5.74, 6) is 1.06. The highest BCUT2D eigenvalue weighted by Crippen LogP contribution is 2.26. The summed E-state index contributed by atoms with van der Waals surface area (Å²) < 4.78 is 0. The van der Waals surface area contributed by atoms with Gasteiger partial charge in [0, 0.05) is 19.5 Å². The molecular weight excluding hydrogens is 252 g/mol. The molecule has 0 aromatic heterocycles. The summed E-state index contributed by atoms with van der Waals surface area (Å²) in [6, 6.07) is -0.337. The van der Waals surface area contributed by atoms with E-state index in [2.05, 4.69) is 5.32 Å². The highest BCUT2D eigenvalue weighted by atomic mass is 16.2. The van der Waals surface area contributed by atoms with E-state index in [-0.39, 0.29) is 23.8 Å². The van der Waals surface area contributed by atoms with Crippen LogP contribution < -0.4 is 5.32 Å². The second kappa shape index (κ2) is 7.09. The molecule has 0 bridgehead atoms. The van der Waals surface area contributed by atoms with Crippen molar-refractivity contribution >= 4 is 11.8 Å². The lowest BCUT2D eigenvalue weighted by atomic mass is 9.87. The van der Waals surface area contributed by atoms with Crippen LogP contribution in [0.5, 0.6) is 0 Å². The van der Waals surface area contributed by atoms with Crippen LogP contribution in [0.3, 0.4) is 0 Å². The lowest BCUT2D eigenvalue weighted by Crippen LogP contribution is -2.48. The van der Waals surface area contributed by atoms with Crippen LogP contribution in [0.2, 0.25) is 0 Å². The quantitative estimate of drug-likeness (QED) is 0.859. The van der Waals surface area contributed by atoms with E-state index in [4.69, 9.17) is 0 Å². The van der Waals surface area contributed by atoms with Crippen LogP contribution in [-0.2, 0) is 9.59 Å². The molecule has 1 N–H and O–H groups in total. The Labute approximate surface area is 122 Å². The number of hydrogen-bond acceptors (Lipinski definition) is 2. The van der Waals surface area contributed by atoms with Gasteiger partial charge in [-0.2, -0.15) is 0 Å². The van der Waals surface area contributed by atoms with Crippen molar-refractivity contribution in [1.29, 1.82) is 0 Å². The monoisotopic (exact) mass is 280 g/mol. The average Bonchev–Trinajstić information content (AvgIpc) is 2.58. The Balaban J connectivity index is 1.91. The molecule has 2 aliphatic rings. The minimum atomic E-state index is -0.337. The van der Waals surface area contributed by atoms with Gasteiger partial charge in [0.05, 0.1) is 0 Å². The Morgan fingerprint density at radius 1 is 1.20 bits per heavy atom. The van der Waals surface area contributed by atoms with Crippen molar-refractivity contribution in [3.8, 4) is 0 Å². The standard InChI is InChI=1S/C16H28N2O2/c1-12(2)15-16(20)18(11-9-14(19)17-15)10-8-13-6-4-3-5-7-13/h12-13,15H,3-11H2,1-2H3,(H,17,19). The number of nitrogens with zero attached hydrogens (tertiary/aromatic N) is 1. The molecular formula is C16H28N2O2. The molecule has 0 aromatic rings. The van der Waals surface area contributed by atoms with Crippen molar-refractivity contribution in [3.05, 3.63) is 0 Å². The molecule has 0 aromatic carbocycles. The maximum Gasteiger partial charge on any atom is 0.245 e. The molecule has 20 heavy (non-hydrogen) atoms. The van der Waals surface area contributed by atoms with Crippen molar-refractivity contribution in [2.24, 2.45) is 11.8 Å². The van der Waals surface area contributed by atoms with E-state index in [0.29, 0.717) is 13.0 Å². The molecule has 2 amide bonds. The largest absolute Gasteiger partial charge is 0.344 e. The fourth-order valence-electron chi connectivity index (χ4n) is 3.34. The first-order chi connectivity index (χ1) is 9.58. The molecule has 4 nitrogen and oxygen atoms in total. The highest BCUT2D eigenvalue weighted by molar-refractivity contribution is 5.90. The Morgan fingerprint density at radius 2 is 1.90 bits per heavy atom. The lowest BCUT2D eigenvalue weighted by Gasteiger charge is -2.28. The van der Waals surface area contributed by atoms with E-state index in [1.807, 2.05) is 18.7 Å². The lowest BCUT2D eigenvalue weighted by molar-refractivity contribution is -0.134. The highest BCUT2D eigenvalue weighted by Gasteiger charge is 2.31. The van der Waals surface area contributed by atoms with Gasteiger partial charge in [0.2, 0.25) is 11.8 Å². The molecule has 0 spiro atoms. The number of nitrogens with one attached hydrogen (secondary N) is 1. The van der Waals surface area contributed by atoms with Gasteiger partial charge in [-0.1, -0.05) is 46.0 Å². The third-order valence-electron chi connectivity index (χ3n) is 4.70. The SMILES string of the molecule is CC(C)C1NC(=O)CCN(CCC2CCCCC2)C1=O. The second-order valence-corrected chi connectivity index (χ2v) is 6.66. The van der Waals surface area contributed by atoms with E-state index >= 15 is 0 Å². The first-order valence-corrected chi connectivity index (χ1v) is 8.16. The zero-order valence-corrected chi connectivity index (χ0v) is 12.9. The number of carbonyl (C=O) groups is 2. The van der Waals surface area contributed by atoms with Gasteiger partial charge in [-0.3, -0.25) is 9.59 Å². The van der Waals surface area contributed by atoms with Crippen molar-refractivity contribution in [2.75, 3.05) is 13.1 Å². The fourth-order valence-corrected chi connectivity index (χ4v) is 3.34. The summed E-state index contributed by atoms with van der Waals surface area (Å²) in [4.78, 5) is 26.1. The predicted octanol–water partition coefficient (Wildman–Crippen LogP) is 2.33. The molecule has 1 unspecified atom stereocenters. The first kappa shape index (κ1) is 15.3. The van der Waals surface area contributed by atoms with Gasteiger partial charge in [0.1, 0.15) is 6.04 Å². The van der Waals surface area contributed by atoms with Crippen molar-refractivity contribution < 1.29 is 9.59 Å². The van der Waals surface area contributed by atoms with Gasteiger partial charge in [0.15, 0.2) is 0 Å². The van der Waals surface area contributed by atoms with Crippen molar-refractivity contribution in [1.82, 2.24) is 10.2 Å². The summed E-state index contributed by atoms with van der Waals surface area (Å²) in [6.45, 7) is 5.39. The molecule has 4 heteroatoms. The summed E-state index contributed by atoms with van der Waals surface area (Å²) in [6.07, 6.45) is 8.22. The first-order valence-electron chi connectivity index (χ1n) is 8.16. The van der Waals surface area contributed by atoms with E-state index in [9.17, 15) is 9.59 Å². The molecule has 2 fully saturated rings. The van der Waals surface area contributed by atoms with E-state index < -0.39 is 0 Å². The van der Waals surface area contributed by atoms with Crippen LogP contribution in [0, 0.1) is 11.8 Å². The van der Waals surface area contributed by atoms with E-state index in [1.165, 1.54) is 32.1 Å². The molecule has 1 heterocycles. The molecule has 1 aliphatic carbocycles. The summed E-state index contributed by atoms with van der Waals surface area (Å²) in [7, 11) is 0. The third-order valence-corrected chi connectivity index (χ3v) is 4.70. The van der Waals surface area contributed by atoms with Crippen molar-refractivity contribution in [2.45, 2.75) is 64.8 Å². The molecule has 1 saturated heterocycles. The minimum absolute atomic E-state index is 0.0113. The van der Waals surface area contributed by atoms with Crippen molar-refractivity contribution in [3.63, 3.8) is 0 Å². The number of amides is 2. The average molecular weight is 280 g/mol. The van der Waals surface area contributed by atoms with Gasteiger partial charge in [0.25, 0.3) is 0 Å². The van der Waals surface area contributed by atoms with Gasteiger partial charge < -0.3 is 10.2 Å². The van der Waals surface area contributed by atoms with E-state index in [0.717, 1.165) is 18.9 Å². The maximum absolute atomic E-state index is 12.5. The van der Waals surface area contributed by atoms with Gasteiger partial charge in [-0.25, -0.2) is 0 Å². The van der Waals surface area contributed by atoms with Crippen LogP contribution in [0.1, 0.15) is 58.8 Å². The number of rotatable bonds is 4. The Morgan fingerprint density at radius 3 is 2.55 bits per heavy atom. The third kappa shape index (κ3) is 3.97. The fraction of sp³-hybridized carbons (Fsp3) is 0.875. The molecule has 0 radical (unpaired) electrons. The summed E-state index contributed by atoms with van der Waals surface area (Å²) in [5, 5.41) is 2.87. The summed E-state index contributed by atoms with van der Waals surface area (Å²) >= 11 is 0. The number of hydrogen-bond donors (Lipinski definition) is 1.